The molecule has 1 saturated carbocycles. The first-order chi connectivity index (χ1) is 21.3. The minimum atomic E-state index is -0.728. The highest BCUT2D eigenvalue weighted by atomic mass is 16.8. The van der Waals surface area contributed by atoms with Crippen molar-refractivity contribution in [1.82, 2.24) is 24.4 Å². The minimum absolute atomic E-state index is 0.0149. The lowest BCUT2D eigenvalue weighted by atomic mass is 9.76. The van der Waals surface area contributed by atoms with Crippen LogP contribution in [0.5, 0.6) is 0 Å². The molecule has 1 aromatic carbocycles. The molecule has 4 atom stereocenters. The van der Waals surface area contributed by atoms with E-state index in [4.69, 9.17) is 30.4 Å². The third-order valence-corrected chi connectivity index (χ3v) is 9.48. The minimum Gasteiger partial charge on any atom is -0.397 e. The van der Waals surface area contributed by atoms with Gasteiger partial charge in [0.05, 0.1) is 24.3 Å². The predicted molar refractivity (Wildman–Crippen MR) is 170 cm³/mol. The zero-order valence-electron chi connectivity index (χ0n) is 27.0. The molecule has 2 aromatic heterocycles. The maximum Gasteiger partial charge on any atom is 0.224 e. The van der Waals surface area contributed by atoms with Crippen molar-refractivity contribution in [2.24, 2.45) is 5.92 Å². The molecule has 1 aliphatic carbocycles. The first-order valence-corrected chi connectivity index (χ1v) is 15.7. The van der Waals surface area contributed by atoms with Crippen LogP contribution < -0.4 is 16.8 Å². The van der Waals surface area contributed by atoms with Crippen molar-refractivity contribution in [3.63, 3.8) is 0 Å². The van der Waals surface area contributed by atoms with Crippen LogP contribution in [0.25, 0.3) is 11.2 Å². The number of nitrogen functional groups attached to an aromatic ring is 2. The Bertz CT molecular complexity index is 1540. The van der Waals surface area contributed by atoms with Crippen molar-refractivity contribution < 1.29 is 23.7 Å². The van der Waals surface area contributed by atoms with Gasteiger partial charge in [0, 0.05) is 31.5 Å². The second-order valence-corrected chi connectivity index (χ2v) is 13.8. The quantitative estimate of drug-likeness (QED) is 0.268. The van der Waals surface area contributed by atoms with Crippen LogP contribution in [0.3, 0.4) is 0 Å². The lowest BCUT2D eigenvalue weighted by Crippen LogP contribution is -2.48. The molecule has 3 fully saturated rings. The van der Waals surface area contributed by atoms with Gasteiger partial charge in [-0.15, -0.1) is 0 Å². The van der Waals surface area contributed by atoms with Gasteiger partial charge in [-0.05, 0) is 63.8 Å². The van der Waals surface area contributed by atoms with E-state index in [-0.39, 0.29) is 29.6 Å². The van der Waals surface area contributed by atoms with Gasteiger partial charge in [-0.3, -0.25) is 9.36 Å². The predicted octanol–water partition coefficient (Wildman–Crippen LogP) is 3.46. The third-order valence-electron chi connectivity index (χ3n) is 9.48. The van der Waals surface area contributed by atoms with E-state index in [0.717, 1.165) is 24.8 Å². The Balaban J connectivity index is 1.00. The molecular weight excluding hydrogens is 576 g/mol. The zero-order chi connectivity index (χ0) is 32.1. The maximum absolute atomic E-state index is 12.8. The topological polar surface area (TPSA) is 165 Å². The summed E-state index contributed by atoms with van der Waals surface area (Å²) in [7, 11) is 3.82. The van der Waals surface area contributed by atoms with Gasteiger partial charge in [0.2, 0.25) is 5.91 Å². The summed E-state index contributed by atoms with van der Waals surface area (Å²) in [6.45, 7) is 9.34. The Morgan fingerprint density at radius 1 is 1.18 bits per heavy atom. The van der Waals surface area contributed by atoms with Gasteiger partial charge in [-0.1, -0.05) is 19.9 Å². The van der Waals surface area contributed by atoms with E-state index >= 15 is 0 Å². The van der Waals surface area contributed by atoms with Crippen LogP contribution >= 0.6 is 0 Å². The fourth-order valence-corrected chi connectivity index (χ4v) is 6.90. The van der Waals surface area contributed by atoms with Crippen molar-refractivity contribution in [1.29, 1.82) is 0 Å². The molecule has 0 radical (unpaired) electrons. The fraction of sp³-hybridized carbons (Fsp3) is 0.625. The second kappa shape index (κ2) is 12.1. The number of aromatic nitrogens is 4. The van der Waals surface area contributed by atoms with Gasteiger partial charge < -0.3 is 40.6 Å². The van der Waals surface area contributed by atoms with Gasteiger partial charge in [-0.25, -0.2) is 15.0 Å². The van der Waals surface area contributed by atoms with E-state index in [1.807, 2.05) is 36.6 Å². The largest absolute Gasteiger partial charge is 0.397 e. The molecule has 45 heavy (non-hydrogen) atoms. The molecule has 3 aliphatic rings. The summed E-state index contributed by atoms with van der Waals surface area (Å²) in [5, 5.41) is 3.00. The van der Waals surface area contributed by atoms with E-state index in [1.54, 1.807) is 13.4 Å². The number of anilines is 3. The molecule has 2 unspecified atom stereocenters. The van der Waals surface area contributed by atoms with Crippen LogP contribution in [0.2, 0.25) is 0 Å². The van der Waals surface area contributed by atoms with Crippen LogP contribution in [-0.2, 0) is 29.2 Å². The summed E-state index contributed by atoms with van der Waals surface area (Å²) in [6, 6.07) is 6.22. The van der Waals surface area contributed by atoms with E-state index in [2.05, 4.69) is 46.1 Å². The van der Waals surface area contributed by atoms with E-state index < -0.39 is 12.0 Å². The number of carbonyl (C=O) groups excluding carboxylic acids is 1. The number of ether oxygens (including phenoxy) is 4. The van der Waals surface area contributed by atoms with Crippen LogP contribution in [0.4, 0.5) is 17.2 Å². The van der Waals surface area contributed by atoms with Crippen molar-refractivity contribution >= 4 is 34.3 Å². The monoisotopic (exact) mass is 622 g/mol. The summed E-state index contributed by atoms with van der Waals surface area (Å²) < 4.78 is 26.4. The number of rotatable bonds is 11. The van der Waals surface area contributed by atoms with E-state index in [9.17, 15) is 4.79 Å². The molecule has 13 heteroatoms. The average Bonchev–Trinajstić information content (AvgIpc) is 3.60. The van der Waals surface area contributed by atoms with Crippen molar-refractivity contribution in [3.8, 4) is 0 Å². The Labute approximate surface area is 263 Å². The van der Waals surface area contributed by atoms with Crippen LogP contribution in [0, 0.1) is 5.92 Å². The Hall–Kier alpha value is -3.36. The molecule has 1 amide bonds. The summed E-state index contributed by atoms with van der Waals surface area (Å²) in [4.78, 5) is 28.0. The Morgan fingerprint density at radius 2 is 1.93 bits per heavy atom. The van der Waals surface area contributed by atoms with E-state index in [1.165, 1.54) is 6.33 Å². The normalized spacial score (nSPS) is 27.5. The molecule has 13 nitrogen and oxygen atoms in total. The summed E-state index contributed by atoms with van der Waals surface area (Å²) in [5.41, 5.74) is 15.6. The third kappa shape index (κ3) is 6.36. The van der Waals surface area contributed by atoms with Crippen LogP contribution in [-0.4, -0.2) is 87.8 Å². The fourth-order valence-electron chi connectivity index (χ4n) is 6.90. The Morgan fingerprint density at radius 3 is 2.67 bits per heavy atom. The summed E-state index contributed by atoms with van der Waals surface area (Å²) in [6.07, 6.45) is 5.26. The number of nitrogens with zero attached hydrogens (tertiary/aromatic N) is 5. The number of likely N-dealkylation sites (N-methyl/N-ethyl adjacent to an activating group) is 1. The van der Waals surface area contributed by atoms with Crippen molar-refractivity contribution in [3.05, 3.63) is 36.4 Å². The number of nitrogens with two attached hydrogens (primary N) is 2. The van der Waals surface area contributed by atoms with Gasteiger partial charge in [-0.2, -0.15) is 0 Å². The molecular formula is C32H46N8O5. The lowest BCUT2D eigenvalue weighted by molar-refractivity contribution is -0.198. The molecule has 244 valence electrons. The molecule has 0 spiro atoms. The lowest BCUT2D eigenvalue weighted by Gasteiger charge is -2.42. The molecule has 0 bridgehead atoms. The number of nitrogens with one attached hydrogen (secondary N) is 1. The van der Waals surface area contributed by atoms with Crippen LogP contribution in [0.1, 0.15) is 65.2 Å². The number of methoxy groups -OCH3 is 1. The van der Waals surface area contributed by atoms with Crippen LogP contribution in [0.15, 0.2) is 30.9 Å². The maximum atomic E-state index is 12.8. The number of imidazole rings is 1. The zero-order valence-corrected chi connectivity index (χ0v) is 27.0. The number of carbonyl (C=O) groups is 1. The smallest absolute Gasteiger partial charge is 0.224 e. The molecule has 6 rings (SSSR count). The number of hydrogen-bond donors (Lipinski definition) is 3. The first kappa shape index (κ1) is 31.6. The van der Waals surface area contributed by atoms with Crippen molar-refractivity contribution in [2.75, 3.05) is 44.1 Å². The number of fused-ring (bicyclic) bond motifs is 2. The van der Waals surface area contributed by atoms with Gasteiger partial charge in [0.25, 0.3) is 0 Å². The van der Waals surface area contributed by atoms with Gasteiger partial charge in [0.1, 0.15) is 30.2 Å². The number of benzene rings is 1. The average molecular weight is 623 g/mol. The standard InChI is InChI=1S/C32H46N8O5/c1-31(2,15-42-6)19-8-9-22(21(33)13-19)38-24(41)10-7-18-11-20(12-18)39(5)14-23-26-27(45-32(3,4)44-26)30(43-23)40-17-37-25-28(34)35-16-36-29(25)40/h8-9,13,16-18,20,23,26-27,30H,7,10-12,14-15,33H2,1-6H3,(H,38,41)(H2,34,35,36)/t18?,20?,23?,26-,27-,30?/m1/s1. The number of hydrogen-bond acceptors (Lipinski definition) is 11. The SMILES string of the molecule is COCC(C)(C)c1ccc(NC(=O)CCC2CC(N(C)CC3OC(n4cnc5c(N)ncnc54)[C@@H]4OC(C)(C)O[C@H]34)C2)c(N)c1. The van der Waals surface area contributed by atoms with Gasteiger partial charge in [0.15, 0.2) is 23.5 Å². The highest BCUT2D eigenvalue weighted by Crippen LogP contribution is 2.45. The Kier molecular flexibility index (Phi) is 8.50. The number of amides is 1. The molecule has 5 N–H and O–H groups in total. The van der Waals surface area contributed by atoms with E-state index in [0.29, 0.717) is 59.9 Å². The molecule has 2 aliphatic heterocycles. The first-order valence-electron chi connectivity index (χ1n) is 15.7. The summed E-state index contributed by atoms with van der Waals surface area (Å²) in [5.74, 6) is 0.0776. The van der Waals surface area contributed by atoms with Crippen molar-refractivity contribution in [2.45, 2.75) is 95.2 Å². The second-order valence-electron chi connectivity index (χ2n) is 13.8. The highest BCUT2D eigenvalue weighted by molar-refractivity contribution is 5.93. The van der Waals surface area contributed by atoms with Gasteiger partial charge >= 0.3 is 0 Å². The molecule has 3 aromatic rings. The summed E-state index contributed by atoms with van der Waals surface area (Å²) >= 11 is 0. The highest BCUT2D eigenvalue weighted by Gasteiger charge is 2.56. The molecule has 4 heterocycles. The molecule has 2 saturated heterocycles.